The first-order valence-corrected chi connectivity index (χ1v) is 12.0. The molecule has 6 nitrogen and oxygen atoms in total. The van der Waals surface area contributed by atoms with Gasteiger partial charge in [-0.15, -0.1) is 11.3 Å². The van der Waals surface area contributed by atoms with Gasteiger partial charge in [0.05, 0.1) is 31.1 Å². The Kier molecular flexibility index (Phi) is 6.78. The van der Waals surface area contributed by atoms with Gasteiger partial charge >= 0.3 is 0 Å². The summed E-state index contributed by atoms with van der Waals surface area (Å²) in [5.41, 5.74) is 1.20. The molecule has 1 heterocycles. The Balaban J connectivity index is 1.73. The lowest BCUT2D eigenvalue weighted by Gasteiger charge is -2.06. The van der Waals surface area contributed by atoms with E-state index in [0.717, 1.165) is 23.5 Å². The molecular formula is C21H18ClFN2O4S2. The Morgan fingerprint density at radius 3 is 2.32 bits per heavy atom. The zero-order valence-corrected chi connectivity index (χ0v) is 18.9. The molecule has 0 saturated heterocycles. The van der Waals surface area contributed by atoms with Crippen molar-refractivity contribution in [2.24, 2.45) is 0 Å². The molecule has 2 aromatic carbocycles. The average molecular weight is 481 g/mol. The third-order valence-corrected chi connectivity index (χ3v) is 7.60. The molecule has 0 saturated carbocycles. The van der Waals surface area contributed by atoms with Gasteiger partial charge in [-0.3, -0.25) is 9.59 Å². The average Bonchev–Trinajstić information content (AvgIpc) is 3.08. The Labute approximate surface area is 188 Å². The maximum Gasteiger partial charge on any atom is 0.266 e. The van der Waals surface area contributed by atoms with Crippen molar-refractivity contribution in [1.29, 1.82) is 0 Å². The zero-order valence-electron chi connectivity index (χ0n) is 16.5. The van der Waals surface area contributed by atoms with E-state index in [-0.39, 0.29) is 21.2 Å². The van der Waals surface area contributed by atoms with Gasteiger partial charge < -0.3 is 10.6 Å². The summed E-state index contributed by atoms with van der Waals surface area (Å²) >= 11 is 6.99. The highest BCUT2D eigenvalue weighted by atomic mass is 35.5. The van der Waals surface area contributed by atoms with Crippen molar-refractivity contribution >= 4 is 55.3 Å². The highest BCUT2D eigenvalue weighted by Crippen LogP contribution is 2.29. The normalized spacial score (nSPS) is 11.2. The predicted octanol–water partition coefficient (Wildman–Crippen LogP) is 5.15. The van der Waals surface area contributed by atoms with Crippen LogP contribution in [0.3, 0.4) is 0 Å². The van der Waals surface area contributed by atoms with Crippen molar-refractivity contribution in [1.82, 2.24) is 0 Å². The molecule has 0 atom stereocenters. The molecule has 10 heteroatoms. The second kappa shape index (κ2) is 9.17. The van der Waals surface area contributed by atoms with Crippen molar-refractivity contribution in [3.63, 3.8) is 0 Å². The number of sulfone groups is 1. The van der Waals surface area contributed by atoms with Crippen LogP contribution < -0.4 is 10.6 Å². The standard InChI is InChI=1S/C21H18ClFN2O4S2/c1-3-31(28,29)15-7-5-14(6-8-15)24-21(27)19-12(2)10-18(30-19)25-20(26)16-9-4-13(23)11-17(16)22/h4-11H,3H2,1-2H3,(H,24,27)(H,25,26). The second-order valence-corrected chi connectivity index (χ2v) is 10.3. The summed E-state index contributed by atoms with van der Waals surface area (Å²) in [7, 11) is -3.32. The molecular weight excluding hydrogens is 463 g/mol. The lowest BCUT2D eigenvalue weighted by Crippen LogP contribution is -2.12. The smallest absolute Gasteiger partial charge is 0.266 e. The summed E-state index contributed by atoms with van der Waals surface area (Å²) in [6, 6.07) is 11.0. The number of hydrogen-bond donors (Lipinski definition) is 2. The summed E-state index contributed by atoms with van der Waals surface area (Å²) in [5, 5.41) is 5.78. The van der Waals surface area contributed by atoms with Gasteiger partial charge in [-0.25, -0.2) is 12.8 Å². The van der Waals surface area contributed by atoms with E-state index in [1.54, 1.807) is 19.9 Å². The Morgan fingerprint density at radius 1 is 1.03 bits per heavy atom. The quantitative estimate of drug-likeness (QED) is 0.510. The molecule has 3 rings (SSSR count). The van der Waals surface area contributed by atoms with Crippen LogP contribution in [-0.4, -0.2) is 26.0 Å². The molecule has 0 fully saturated rings. The number of anilines is 2. The number of amides is 2. The number of aryl methyl sites for hydroxylation is 1. The third-order valence-electron chi connectivity index (χ3n) is 4.39. The summed E-state index contributed by atoms with van der Waals surface area (Å²) < 4.78 is 36.9. The molecule has 0 aliphatic carbocycles. The summed E-state index contributed by atoms with van der Waals surface area (Å²) in [5.74, 6) is -1.47. The van der Waals surface area contributed by atoms with Crippen molar-refractivity contribution in [3.8, 4) is 0 Å². The Morgan fingerprint density at radius 2 is 1.71 bits per heavy atom. The Hall–Kier alpha value is -2.75. The molecule has 0 aliphatic heterocycles. The van der Waals surface area contributed by atoms with Crippen molar-refractivity contribution < 1.29 is 22.4 Å². The number of thiophene rings is 1. The van der Waals surface area contributed by atoms with E-state index < -0.39 is 27.5 Å². The van der Waals surface area contributed by atoms with Gasteiger partial charge in [0.15, 0.2) is 9.84 Å². The van der Waals surface area contributed by atoms with Gasteiger partial charge in [-0.05, 0) is 61.0 Å². The van der Waals surface area contributed by atoms with Gasteiger partial charge in [0.25, 0.3) is 11.8 Å². The number of halogens is 2. The van der Waals surface area contributed by atoms with E-state index in [1.807, 2.05) is 0 Å². The minimum atomic E-state index is -3.32. The first-order chi connectivity index (χ1) is 14.6. The van der Waals surface area contributed by atoms with Gasteiger partial charge in [-0.2, -0.15) is 0 Å². The summed E-state index contributed by atoms with van der Waals surface area (Å²) in [4.78, 5) is 25.6. The number of carbonyl (C=O) groups excluding carboxylic acids is 2. The maximum absolute atomic E-state index is 13.2. The molecule has 0 unspecified atom stereocenters. The largest absolute Gasteiger partial charge is 0.321 e. The maximum atomic E-state index is 13.2. The monoisotopic (exact) mass is 480 g/mol. The van der Waals surface area contributed by atoms with Crippen LogP contribution in [0.25, 0.3) is 0 Å². The summed E-state index contributed by atoms with van der Waals surface area (Å²) in [6.45, 7) is 3.29. The van der Waals surface area contributed by atoms with Crippen molar-refractivity contribution in [2.75, 3.05) is 16.4 Å². The fraction of sp³-hybridized carbons (Fsp3) is 0.143. The van der Waals surface area contributed by atoms with E-state index in [4.69, 9.17) is 11.6 Å². The molecule has 1 aromatic heterocycles. The van der Waals surface area contributed by atoms with Crippen LogP contribution in [0.1, 0.15) is 32.5 Å². The number of nitrogens with one attached hydrogen (secondary N) is 2. The molecule has 0 radical (unpaired) electrons. The minimum absolute atomic E-state index is 0.00920. The van der Waals surface area contributed by atoms with Crippen LogP contribution in [0.4, 0.5) is 15.1 Å². The van der Waals surface area contributed by atoms with Crippen molar-refractivity contribution in [2.45, 2.75) is 18.7 Å². The highest BCUT2D eigenvalue weighted by Gasteiger charge is 2.18. The van der Waals surface area contributed by atoms with E-state index in [1.165, 1.54) is 30.3 Å². The van der Waals surface area contributed by atoms with Crippen LogP contribution >= 0.6 is 22.9 Å². The van der Waals surface area contributed by atoms with Crippen LogP contribution in [0.15, 0.2) is 53.4 Å². The highest BCUT2D eigenvalue weighted by molar-refractivity contribution is 7.91. The molecule has 2 N–H and O–H groups in total. The predicted molar refractivity (Wildman–Crippen MR) is 121 cm³/mol. The topological polar surface area (TPSA) is 92.3 Å². The molecule has 3 aromatic rings. The lowest BCUT2D eigenvalue weighted by molar-refractivity contribution is 0.102. The Bertz CT molecular complexity index is 1250. The van der Waals surface area contributed by atoms with Gasteiger partial charge in [0, 0.05) is 5.69 Å². The van der Waals surface area contributed by atoms with E-state index in [0.29, 0.717) is 21.1 Å². The number of hydrogen-bond acceptors (Lipinski definition) is 5. The van der Waals surface area contributed by atoms with E-state index in [9.17, 15) is 22.4 Å². The summed E-state index contributed by atoms with van der Waals surface area (Å²) in [6.07, 6.45) is 0. The molecule has 31 heavy (non-hydrogen) atoms. The molecule has 162 valence electrons. The van der Waals surface area contributed by atoms with Gasteiger partial charge in [0.2, 0.25) is 0 Å². The molecule has 0 bridgehead atoms. The zero-order chi connectivity index (χ0) is 22.8. The second-order valence-electron chi connectivity index (χ2n) is 6.58. The van der Waals surface area contributed by atoms with Crippen LogP contribution in [-0.2, 0) is 9.84 Å². The van der Waals surface area contributed by atoms with Crippen molar-refractivity contribution in [3.05, 3.63) is 75.4 Å². The fourth-order valence-corrected chi connectivity index (χ4v) is 4.82. The van der Waals surface area contributed by atoms with Crippen LogP contribution in [0.2, 0.25) is 5.02 Å². The lowest BCUT2D eigenvalue weighted by atomic mass is 10.2. The van der Waals surface area contributed by atoms with Gasteiger partial charge in [-0.1, -0.05) is 18.5 Å². The van der Waals surface area contributed by atoms with E-state index in [2.05, 4.69) is 10.6 Å². The third kappa shape index (κ3) is 5.30. The fourth-order valence-electron chi connectivity index (χ4n) is 2.72. The van der Waals surface area contributed by atoms with Crippen LogP contribution in [0.5, 0.6) is 0 Å². The number of rotatable bonds is 6. The minimum Gasteiger partial charge on any atom is -0.321 e. The SMILES string of the molecule is CCS(=O)(=O)c1ccc(NC(=O)c2sc(NC(=O)c3ccc(F)cc3Cl)cc2C)cc1. The van der Waals surface area contributed by atoms with E-state index >= 15 is 0 Å². The van der Waals surface area contributed by atoms with Gasteiger partial charge in [0.1, 0.15) is 5.82 Å². The molecule has 2 amide bonds. The molecule has 0 spiro atoms. The molecule has 0 aliphatic rings. The first-order valence-electron chi connectivity index (χ1n) is 9.11. The number of benzene rings is 2. The number of carbonyl (C=O) groups is 2. The first kappa shape index (κ1) is 22.9. The van der Waals surface area contributed by atoms with Crippen LogP contribution in [0, 0.1) is 12.7 Å².